The molecule has 0 unspecified atom stereocenters. The molecule has 4 nitrogen and oxygen atoms in total. The molecule has 102 valence electrons. The van der Waals surface area contributed by atoms with Gasteiger partial charge in [0.05, 0.1) is 5.41 Å². The summed E-state index contributed by atoms with van der Waals surface area (Å²) in [5.41, 5.74) is -0.230. The topological polar surface area (TPSA) is 66.4 Å². The number of hydrogen-bond acceptors (Lipinski definition) is 2. The quantitative estimate of drug-likeness (QED) is 0.894. The molecule has 1 saturated carbocycles. The van der Waals surface area contributed by atoms with Crippen molar-refractivity contribution in [3.63, 3.8) is 0 Å². The average molecular weight is 326 g/mol. The smallest absolute Gasteiger partial charge is 0.311 e. The van der Waals surface area contributed by atoms with Crippen LogP contribution in [0.25, 0.3) is 0 Å². The number of carboxylic acid groups (broad SMARTS) is 1. The fraction of sp³-hybridized carbons (Fsp3) is 0.429. The van der Waals surface area contributed by atoms with Crippen molar-refractivity contribution in [2.45, 2.75) is 25.7 Å². The molecular formula is C14H16BrNO3. The molecule has 1 aromatic carbocycles. The molecular weight excluding hydrogens is 310 g/mol. The van der Waals surface area contributed by atoms with Crippen LogP contribution in [0.5, 0.6) is 0 Å². The minimum absolute atomic E-state index is 0.206. The Kier molecular flexibility index (Phi) is 4.24. The Labute approximate surface area is 120 Å². The van der Waals surface area contributed by atoms with E-state index in [0.29, 0.717) is 18.4 Å². The van der Waals surface area contributed by atoms with Gasteiger partial charge < -0.3 is 10.4 Å². The van der Waals surface area contributed by atoms with Gasteiger partial charge in [-0.15, -0.1) is 0 Å². The van der Waals surface area contributed by atoms with Crippen LogP contribution in [0.3, 0.4) is 0 Å². The highest BCUT2D eigenvalue weighted by atomic mass is 79.9. The fourth-order valence-corrected chi connectivity index (χ4v) is 2.74. The van der Waals surface area contributed by atoms with E-state index in [2.05, 4.69) is 21.2 Å². The van der Waals surface area contributed by atoms with Crippen molar-refractivity contribution in [2.24, 2.45) is 5.41 Å². The molecule has 0 bridgehead atoms. The van der Waals surface area contributed by atoms with Crippen LogP contribution < -0.4 is 5.32 Å². The number of benzene rings is 1. The van der Waals surface area contributed by atoms with Crippen LogP contribution in [0.1, 0.15) is 36.0 Å². The molecule has 0 aliphatic heterocycles. The summed E-state index contributed by atoms with van der Waals surface area (Å²) in [5, 5.41) is 12.1. The zero-order valence-corrected chi connectivity index (χ0v) is 12.1. The second-order valence-electron chi connectivity index (χ2n) is 4.98. The van der Waals surface area contributed by atoms with Gasteiger partial charge in [0.1, 0.15) is 0 Å². The maximum atomic E-state index is 12.0. The lowest BCUT2D eigenvalue weighted by Crippen LogP contribution is -2.41. The summed E-state index contributed by atoms with van der Waals surface area (Å²) in [7, 11) is 0. The first-order valence-corrected chi connectivity index (χ1v) is 7.10. The molecule has 1 fully saturated rings. The highest BCUT2D eigenvalue weighted by molar-refractivity contribution is 9.10. The fourth-order valence-electron chi connectivity index (χ4n) is 2.47. The van der Waals surface area contributed by atoms with Crippen LogP contribution in [-0.2, 0) is 4.79 Å². The van der Waals surface area contributed by atoms with Gasteiger partial charge >= 0.3 is 5.97 Å². The molecule has 5 heteroatoms. The molecule has 1 aliphatic rings. The van der Waals surface area contributed by atoms with Gasteiger partial charge in [0.15, 0.2) is 0 Å². The van der Waals surface area contributed by atoms with Crippen LogP contribution in [0, 0.1) is 5.41 Å². The summed E-state index contributed by atoms with van der Waals surface area (Å²) in [6.07, 6.45) is 3.12. The van der Waals surface area contributed by atoms with E-state index < -0.39 is 11.4 Å². The van der Waals surface area contributed by atoms with Gasteiger partial charge in [-0.25, -0.2) is 0 Å². The van der Waals surface area contributed by atoms with Gasteiger partial charge in [-0.05, 0) is 37.1 Å². The summed E-state index contributed by atoms with van der Waals surface area (Å²) >= 11 is 3.31. The predicted octanol–water partition coefficient (Wildman–Crippen LogP) is 2.82. The third-order valence-corrected chi connectivity index (χ3v) is 4.24. The van der Waals surface area contributed by atoms with E-state index in [9.17, 15) is 14.7 Å². The van der Waals surface area contributed by atoms with E-state index in [0.717, 1.165) is 17.3 Å². The van der Waals surface area contributed by atoms with E-state index >= 15 is 0 Å². The van der Waals surface area contributed by atoms with Crippen molar-refractivity contribution in [3.8, 4) is 0 Å². The van der Waals surface area contributed by atoms with Crippen molar-refractivity contribution in [2.75, 3.05) is 6.54 Å². The molecule has 0 aromatic heterocycles. The van der Waals surface area contributed by atoms with Crippen LogP contribution in [0.15, 0.2) is 28.7 Å². The van der Waals surface area contributed by atoms with Crippen LogP contribution in [-0.4, -0.2) is 23.5 Å². The van der Waals surface area contributed by atoms with Gasteiger partial charge in [0.25, 0.3) is 5.91 Å². The summed E-state index contributed by atoms with van der Waals surface area (Å²) in [6.45, 7) is 0.206. The zero-order chi connectivity index (χ0) is 13.9. The Hall–Kier alpha value is -1.36. The largest absolute Gasteiger partial charge is 0.481 e. The van der Waals surface area contributed by atoms with Crippen molar-refractivity contribution < 1.29 is 14.7 Å². The number of nitrogens with one attached hydrogen (secondary N) is 1. The number of amides is 1. The second-order valence-corrected chi connectivity index (χ2v) is 5.90. The maximum absolute atomic E-state index is 12.0. The normalized spacial score (nSPS) is 17.1. The van der Waals surface area contributed by atoms with Crippen molar-refractivity contribution >= 4 is 27.8 Å². The Balaban J connectivity index is 1.99. The Morgan fingerprint density at radius 1 is 1.21 bits per heavy atom. The molecule has 0 radical (unpaired) electrons. The van der Waals surface area contributed by atoms with E-state index in [-0.39, 0.29) is 12.5 Å². The highest BCUT2D eigenvalue weighted by Gasteiger charge is 2.41. The SMILES string of the molecule is O=C(NCC1(C(=O)O)CCCC1)c1ccc(Br)cc1. The van der Waals surface area contributed by atoms with E-state index in [1.165, 1.54) is 0 Å². The molecule has 0 atom stereocenters. The van der Waals surface area contributed by atoms with Crippen molar-refractivity contribution in [1.82, 2.24) is 5.32 Å². The summed E-state index contributed by atoms with van der Waals surface area (Å²) in [6, 6.07) is 7.00. The Bertz CT molecular complexity index is 478. The van der Waals surface area contributed by atoms with Gasteiger partial charge in [-0.3, -0.25) is 9.59 Å². The number of carboxylic acids is 1. The molecule has 2 N–H and O–H groups in total. The van der Waals surface area contributed by atoms with Crippen molar-refractivity contribution in [1.29, 1.82) is 0 Å². The molecule has 1 aromatic rings. The Morgan fingerprint density at radius 3 is 2.32 bits per heavy atom. The summed E-state index contributed by atoms with van der Waals surface area (Å²) in [5.74, 6) is -1.03. The van der Waals surface area contributed by atoms with Crippen LogP contribution in [0.4, 0.5) is 0 Å². The minimum Gasteiger partial charge on any atom is -0.481 e. The molecule has 1 aliphatic carbocycles. The van der Waals surface area contributed by atoms with Gasteiger partial charge in [0, 0.05) is 16.6 Å². The number of rotatable bonds is 4. The van der Waals surface area contributed by atoms with Gasteiger partial charge in [-0.2, -0.15) is 0 Å². The zero-order valence-electron chi connectivity index (χ0n) is 10.5. The van der Waals surface area contributed by atoms with Gasteiger partial charge in [0.2, 0.25) is 0 Å². The lowest BCUT2D eigenvalue weighted by atomic mass is 9.86. The number of hydrogen-bond donors (Lipinski definition) is 2. The molecule has 0 spiro atoms. The minimum atomic E-state index is -0.805. The first kappa shape index (κ1) is 14.1. The summed E-state index contributed by atoms with van der Waals surface area (Å²) in [4.78, 5) is 23.3. The highest BCUT2D eigenvalue weighted by Crippen LogP contribution is 2.37. The first-order valence-electron chi connectivity index (χ1n) is 6.31. The predicted molar refractivity (Wildman–Crippen MR) is 75.0 cm³/mol. The third kappa shape index (κ3) is 3.15. The Morgan fingerprint density at radius 2 is 1.79 bits per heavy atom. The number of carbonyl (C=O) groups excluding carboxylic acids is 1. The van der Waals surface area contributed by atoms with Gasteiger partial charge in [-0.1, -0.05) is 28.8 Å². The lowest BCUT2D eigenvalue weighted by Gasteiger charge is -2.23. The second kappa shape index (κ2) is 5.74. The van der Waals surface area contributed by atoms with Crippen molar-refractivity contribution in [3.05, 3.63) is 34.3 Å². The molecule has 2 rings (SSSR count). The number of carbonyl (C=O) groups is 2. The monoisotopic (exact) mass is 325 g/mol. The molecule has 0 heterocycles. The van der Waals surface area contributed by atoms with E-state index in [4.69, 9.17) is 0 Å². The maximum Gasteiger partial charge on any atom is 0.311 e. The third-order valence-electron chi connectivity index (χ3n) is 3.71. The average Bonchev–Trinajstić information content (AvgIpc) is 2.87. The van der Waals surface area contributed by atoms with E-state index in [1.807, 2.05) is 0 Å². The lowest BCUT2D eigenvalue weighted by molar-refractivity contribution is -0.148. The standard InChI is InChI=1S/C14H16BrNO3/c15-11-5-3-10(4-6-11)12(17)16-9-14(13(18)19)7-1-2-8-14/h3-6H,1-2,7-9H2,(H,16,17)(H,18,19). The summed E-state index contributed by atoms with van der Waals surface area (Å²) < 4.78 is 0.904. The molecule has 19 heavy (non-hydrogen) atoms. The molecule has 0 saturated heterocycles. The molecule has 1 amide bonds. The first-order chi connectivity index (χ1) is 9.03. The van der Waals surface area contributed by atoms with Crippen LogP contribution in [0.2, 0.25) is 0 Å². The van der Waals surface area contributed by atoms with E-state index in [1.54, 1.807) is 24.3 Å². The number of aliphatic carboxylic acids is 1. The van der Waals surface area contributed by atoms with Crippen LogP contribution >= 0.6 is 15.9 Å². The number of halogens is 1.